The van der Waals surface area contributed by atoms with Gasteiger partial charge < -0.3 is 4.74 Å². The van der Waals surface area contributed by atoms with Crippen LogP contribution >= 0.6 is 0 Å². The van der Waals surface area contributed by atoms with Gasteiger partial charge in [-0.05, 0) is 50.4 Å². The third-order valence-electron chi connectivity index (χ3n) is 3.14. The largest absolute Gasteiger partial charge is 0.378 e. The van der Waals surface area contributed by atoms with Crippen LogP contribution in [0, 0.1) is 5.41 Å². The third-order valence-corrected chi connectivity index (χ3v) is 3.14. The summed E-state index contributed by atoms with van der Waals surface area (Å²) in [7, 11) is 0. The second-order valence-electron chi connectivity index (χ2n) is 6.52. The van der Waals surface area contributed by atoms with E-state index in [0.717, 1.165) is 6.61 Å². The highest BCUT2D eigenvalue weighted by molar-refractivity contribution is 4.89. The molecule has 0 aromatic carbocycles. The van der Waals surface area contributed by atoms with Crippen molar-refractivity contribution < 1.29 is 4.74 Å². The monoisotopic (exact) mass is 250 g/mol. The molecule has 0 bridgehead atoms. The Balaban J connectivity index is 2.38. The Morgan fingerprint density at radius 2 is 1.50 bits per heavy atom. The Labute approximate surface area is 113 Å². The first-order valence-corrected chi connectivity index (χ1v) is 7.49. The van der Waals surface area contributed by atoms with Crippen molar-refractivity contribution in [2.45, 2.75) is 71.8 Å². The average Bonchev–Trinajstić information content (AvgIpc) is 2.27. The van der Waals surface area contributed by atoms with Crippen molar-refractivity contribution >= 4 is 0 Å². The Morgan fingerprint density at radius 3 is 2.17 bits per heavy atom. The summed E-state index contributed by atoms with van der Waals surface area (Å²) in [6, 6.07) is 0. The van der Waals surface area contributed by atoms with Crippen LogP contribution < -0.4 is 0 Å². The fourth-order valence-electron chi connectivity index (χ4n) is 2.09. The molecular weight excluding hydrogens is 220 g/mol. The fourth-order valence-corrected chi connectivity index (χ4v) is 2.09. The van der Waals surface area contributed by atoms with Gasteiger partial charge in [-0.3, -0.25) is 0 Å². The van der Waals surface area contributed by atoms with E-state index in [9.17, 15) is 0 Å². The zero-order valence-corrected chi connectivity index (χ0v) is 12.5. The predicted octanol–water partition coefficient (Wildman–Crippen LogP) is 5.27. The van der Waals surface area contributed by atoms with Crippen molar-refractivity contribution in [2.75, 3.05) is 6.61 Å². The Kier molecular flexibility index (Phi) is 7.34. The molecule has 0 aromatic rings. The molecule has 0 radical (unpaired) electrons. The lowest BCUT2D eigenvalue weighted by Gasteiger charge is -2.24. The second kappa shape index (κ2) is 8.53. The van der Waals surface area contributed by atoms with Crippen LogP contribution in [0.3, 0.4) is 0 Å². The van der Waals surface area contributed by atoms with Gasteiger partial charge in [-0.1, -0.05) is 45.1 Å². The molecule has 0 saturated heterocycles. The fraction of sp³-hybridized carbons (Fsp3) is 0.765. The maximum atomic E-state index is 6.09. The maximum absolute atomic E-state index is 6.09. The highest BCUT2D eigenvalue weighted by Gasteiger charge is 2.15. The molecule has 0 saturated carbocycles. The van der Waals surface area contributed by atoms with Crippen LogP contribution in [0.1, 0.15) is 65.7 Å². The van der Waals surface area contributed by atoms with E-state index in [2.05, 4.69) is 45.1 Å². The van der Waals surface area contributed by atoms with E-state index in [1.165, 1.54) is 44.9 Å². The highest BCUT2D eigenvalue weighted by atomic mass is 16.5. The summed E-state index contributed by atoms with van der Waals surface area (Å²) in [5, 5.41) is 0. The van der Waals surface area contributed by atoms with Crippen molar-refractivity contribution in [2.24, 2.45) is 5.41 Å². The van der Waals surface area contributed by atoms with E-state index in [1.807, 2.05) is 0 Å². The molecule has 0 fully saturated rings. The zero-order valence-electron chi connectivity index (χ0n) is 12.5. The molecule has 1 unspecified atom stereocenters. The molecular formula is C17H30O. The number of hydrogen-bond donors (Lipinski definition) is 0. The molecule has 1 rings (SSSR count). The Bertz CT molecular complexity index is 257. The SMILES string of the molecule is CC(C)(C)COC1CCC=CCCC=CCCC1. The summed E-state index contributed by atoms with van der Waals surface area (Å²) in [6.45, 7) is 7.60. The van der Waals surface area contributed by atoms with Crippen molar-refractivity contribution in [3.05, 3.63) is 24.3 Å². The van der Waals surface area contributed by atoms with Crippen LogP contribution in [0.25, 0.3) is 0 Å². The van der Waals surface area contributed by atoms with E-state index in [-0.39, 0.29) is 5.41 Å². The van der Waals surface area contributed by atoms with Crippen molar-refractivity contribution in [1.82, 2.24) is 0 Å². The second-order valence-corrected chi connectivity index (χ2v) is 6.52. The first kappa shape index (κ1) is 15.5. The molecule has 104 valence electrons. The molecule has 0 amide bonds. The third kappa shape index (κ3) is 8.52. The molecule has 0 N–H and O–H groups in total. The minimum absolute atomic E-state index is 0.277. The predicted molar refractivity (Wildman–Crippen MR) is 79.8 cm³/mol. The molecule has 1 nitrogen and oxygen atoms in total. The Hall–Kier alpha value is -0.560. The normalized spacial score (nSPS) is 23.4. The van der Waals surface area contributed by atoms with Gasteiger partial charge in [-0.2, -0.15) is 0 Å². The molecule has 18 heavy (non-hydrogen) atoms. The number of rotatable bonds is 2. The number of ether oxygens (including phenoxy) is 1. The highest BCUT2D eigenvalue weighted by Crippen LogP contribution is 2.19. The van der Waals surface area contributed by atoms with Gasteiger partial charge in [-0.15, -0.1) is 0 Å². The number of hydrogen-bond acceptors (Lipinski definition) is 1. The average molecular weight is 250 g/mol. The maximum Gasteiger partial charge on any atom is 0.0578 e. The first-order valence-electron chi connectivity index (χ1n) is 7.49. The van der Waals surface area contributed by atoms with Gasteiger partial charge in [-0.25, -0.2) is 0 Å². The zero-order chi connectivity index (χ0) is 13.3. The minimum atomic E-state index is 0.277. The molecule has 0 heterocycles. The lowest BCUT2D eigenvalue weighted by atomic mass is 9.98. The van der Waals surface area contributed by atoms with E-state index in [0.29, 0.717) is 6.10 Å². The summed E-state index contributed by atoms with van der Waals surface area (Å²) in [5.41, 5.74) is 0.277. The van der Waals surface area contributed by atoms with Crippen molar-refractivity contribution in [3.8, 4) is 0 Å². The quantitative estimate of drug-likeness (QED) is 0.606. The van der Waals surface area contributed by atoms with E-state index in [4.69, 9.17) is 4.74 Å². The van der Waals surface area contributed by atoms with Crippen LogP contribution in [-0.2, 0) is 4.74 Å². The Morgan fingerprint density at radius 1 is 0.889 bits per heavy atom. The molecule has 1 heteroatoms. The summed E-state index contributed by atoms with van der Waals surface area (Å²) >= 11 is 0. The van der Waals surface area contributed by atoms with E-state index >= 15 is 0 Å². The molecule has 0 aromatic heterocycles. The molecule has 0 spiro atoms. The lowest BCUT2D eigenvalue weighted by molar-refractivity contribution is -0.000174. The van der Waals surface area contributed by atoms with E-state index in [1.54, 1.807) is 0 Å². The van der Waals surface area contributed by atoms with Crippen LogP contribution in [0.4, 0.5) is 0 Å². The van der Waals surface area contributed by atoms with Crippen LogP contribution in [0.2, 0.25) is 0 Å². The van der Waals surface area contributed by atoms with Crippen LogP contribution in [0.5, 0.6) is 0 Å². The van der Waals surface area contributed by atoms with Crippen molar-refractivity contribution in [3.63, 3.8) is 0 Å². The van der Waals surface area contributed by atoms with Crippen molar-refractivity contribution in [1.29, 1.82) is 0 Å². The number of allylic oxidation sites excluding steroid dienone is 4. The molecule has 0 aliphatic heterocycles. The van der Waals surface area contributed by atoms with E-state index < -0.39 is 0 Å². The molecule has 1 aliphatic carbocycles. The van der Waals surface area contributed by atoms with Crippen LogP contribution in [0.15, 0.2) is 24.3 Å². The summed E-state index contributed by atoms with van der Waals surface area (Å²) < 4.78 is 6.09. The van der Waals surface area contributed by atoms with Gasteiger partial charge in [0.1, 0.15) is 0 Å². The smallest absolute Gasteiger partial charge is 0.0578 e. The summed E-state index contributed by atoms with van der Waals surface area (Å²) in [5.74, 6) is 0. The van der Waals surface area contributed by atoms with Gasteiger partial charge in [0.2, 0.25) is 0 Å². The standard InChI is InChI=1S/C17H30O/c1-17(2,3)15-18-16-13-11-9-7-5-4-6-8-10-12-14-16/h5,7-8,10,16H,4,6,9,11-15H2,1-3H3. The van der Waals surface area contributed by atoms with Gasteiger partial charge in [0.05, 0.1) is 12.7 Å². The topological polar surface area (TPSA) is 9.23 Å². The first-order chi connectivity index (χ1) is 8.58. The van der Waals surface area contributed by atoms with Crippen LogP contribution in [-0.4, -0.2) is 12.7 Å². The lowest BCUT2D eigenvalue weighted by Crippen LogP contribution is -2.21. The summed E-state index contributed by atoms with van der Waals surface area (Å²) in [6.07, 6.45) is 18.1. The summed E-state index contributed by atoms with van der Waals surface area (Å²) in [4.78, 5) is 0. The molecule has 1 atom stereocenters. The van der Waals surface area contributed by atoms with Gasteiger partial charge in [0, 0.05) is 0 Å². The van der Waals surface area contributed by atoms with Gasteiger partial charge >= 0.3 is 0 Å². The molecule has 1 aliphatic rings. The van der Waals surface area contributed by atoms with Gasteiger partial charge in [0.25, 0.3) is 0 Å². The van der Waals surface area contributed by atoms with Gasteiger partial charge in [0.15, 0.2) is 0 Å². The minimum Gasteiger partial charge on any atom is -0.378 e.